The lowest BCUT2D eigenvalue weighted by Crippen LogP contribution is -2.30. The molecule has 0 radical (unpaired) electrons. The highest BCUT2D eigenvalue weighted by molar-refractivity contribution is 7.95. The van der Waals surface area contributed by atoms with Crippen molar-refractivity contribution < 1.29 is 8.42 Å². The molecule has 19 heavy (non-hydrogen) atoms. The Morgan fingerprint density at radius 1 is 1.16 bits per heavy atom. The van der Waals surface area contributed by atoms with Gasteiger partial charge in [-0.2, -0.15) is 5.26 Å². The van der Waals surface area contributed by atoms with E-state index in [1.165, 1.54) is 0 Å². The first kappa shape index (κ1) is 12.2. The molecule has 0 N–H and O–H groups in total. The summed E-state index contributed by atoms with van der Waals surface area (Å²) in [5.74, 6) is 0. The Bertz CT molecular complexity index is 698. The van der Waals surface area contributed by atoms with Gasteiger partial charge in [-0.1, -0.05) is 18.6 Å². The van der Waals surface area contributed by atoms with Crippen LogP contribution in [0.4, 0.5) is 5.69 Å². The number of benzene rings is 1. The summed E-state index contributed by atoms with van der Waals surface area (Å²) in [5, 5.41) is 9.27. The zero-order valence-corrected chi connectivity index (χ0v) is 11.3. The fourth-order valence-electron chi connectivity index (χ4n) is 2.81. The molecular weight excluding hydrogens is 260 g/mol. The summed E-state index contributed by atoms with van der Waals surface area (Å²) in [6.45, 7) is 0.785. The van der Waals surface area contributed by atoms with Crippen LogP contribution in [-0.4, -0.2) is 15.0 Å². The number of nitrogens with zero attached hydrogens (tertiary/aromatic N) is 2. The number of allylic oxidation sites excluding steroid dienone is 2. The Kier molecular flexibility index (Phi) is 2.83. The van der Waals surface area contributed by atoms with Crippen molar-refractivity contribution in [1.82, 2.24) is 0 Å². The van der Waals surface area contributed by atoms with Crippen LogP contribution in [0.5, 0.6) is 0 Å². The molecule has 2 heterocycles. The number of hydrogen-bond donors (Lipinski definition) is 0. The van der Waals surface area contributed by atoms with Crippen molar-refractivity contribution in [3.8, 4) is 6.07 Å². The van der Waals surface area contributed by atoms with Gasteiger partial charge in [-0.25, -0.2) is 8.42 Å². The maximum atomic E-state index is 12.5. The summed E-state index contributed by atoms with van der Waals surface area (Å²) in [4.78, 5) is 2.22. The first-order valence-electron chi connectivity index (χ1n) is 6.41. The van der Waals surface area contributed by atoms with Crippen LogP contribution in [0.3, 0.4) is 0 Å². The normalized spacial score (nSPS) is 21.1. The third-order valence-electron chi connectivity index (χ3n) is 3.70. The predicted octanol–water partition coefficient (Wildman–Crippen LogP) is 2.59. The van der Waals surface area contributed by atoms with E-state index in [1.807, 2.05) is 23.1 Å². The number of fused-ring (bicyclic) bond motifs is 3. The summed E-state index contributed by atoms with van der Waals surface area (Å²) in [6.07, 6.45) is 3.70. The topological polar surface area (TPSA) is 61.2 Å². The van der Waals surface area contributed by atoms with Gasteiger partial charge in [0.05, 0.1) is 10.6 Å². The Balaban J connectivity index is 2.32. The van der Waals surface area contributed by atoms with Crippen molar-refractivity contribution in [2.75, 3.05) is 11.4 Å². The van der Waals surface area contributed by atoms with E-state index in [1.54, 1.807) is 12.1 Å². The van der Waals surface area contributed by atoms with E-state index in [0.29, 0.717) is 12.1 Å². The van der Waals surface area contributed by atoms with Crippen LogP contribution < -0.4 is 4.90 Å². The quantitative estimate of drug-likeness (QED) is 0.729. The van der Waals surface area contributed by atoms with Gasteiger partial charge in [0.2, 0.25) is 9.84 Å². The Labute approximate surface area is 112 Å². The molecule has 1 fully saturated rings. The van der Waals surface area contributed by atoms with Crippen LogP contribution in [-0.2, 0) is 9.84 Å². The molecule has 0 unspecified atom stereocenters. The summed E-state index contributed by atoms with van der Waals surface area (Å²) in [6, 6.07) is 8.87. The van der Waals surface area contributed by atoms with Gasteiger partial charge in [-0.3, -0.25) is 0 Å². The highest BCUT2D eigenvalue weighted by Crippen LogP contribution is 2.41. The third-order valence-corrected chi connectivity index (χ3v) is 5.49. The molecule has 1 saturated heterocycles. The zero-order chi connectivity index (χ0) is 13.5. The van der Waals surface area contributed by atoms with Gasteiger partial charge in [0, 0.05) is 12.2 Å². The van der Waals surface area contributed by atoms with Gasteiger partial charge < -0.3 is 4.90 Å². The largest absolute Gasteiger partial charge is 0.342 e. The molecule has 2 aliphatic rings. The van der Waals surface area contributed by atoms with E-state index < -0.39 is 9.84 Å². The first-order chi connectivity index (χ1) is 9.16. The maximum Gasteiger partial charge on any atom is 0.220 e. The molecule has 4 nitrogen and oxygen atoms in total. The van der Waals surface area contributed by atoms with Crippen molar-refractivity contribution in [3.63, 3.8) is 0 Å². The SMILES string of the molecule is N#CC1=C2CCCCCN2c2ccccc2S1(=O)=O. The number of rotatable bonds is 0. The molecule has 0 bridgehead atoms. The fourth-order valence-corrected chi connectivity index (χ4v) is 4.38. The highest BCUT2D eigenvalue weighted by atomic mass is 32.2. The third kappa shape index (κ3) is 1.75. The summed E-state index contributed by atoms with van der Waals surface area (Å²) in [7, 11) is -3.64. The Morgan fingerprint density at radius 2 is 1.95 bits per heavy atom. The summed E-state index contributed by atoms with van der Waals surface area (Å²) < 4.78 is 25.0. The number of hydrogen-bond acceptors (Lipinski definition) is 4. The van der Waals surface area contributed by atoms with Gasteiger partial charge >= 0.3 is 0 Å². The van der Waals surface area contributed by atoms with E-state index in [-0.39, 0.29) is 9.80 Å². The molecule has 0 amide bonds. The second kappa shape index (κ2) is 4.39. The minimum Gasteiger partial charge on any atom is -0.342 e. The molecule has 3 rings (SSSR count). The monoisotopic (exact) mass is 274 g/mol. The molecule has 1 aromatic carbocycles. The first-order valence-corrected chi connectivity index (χ1v) is 7.89. The van der Waals surface area contributed by atoms with Crippen molar-refractivity contribution in [2.45, 2.75) is 30.6 Å². The molecule has 1 aromatic rings. The van der Waals surface area contributed by atoms with Crippen molar-refractivity contribution >= 4 is 15.5 Å². The average molecular weight is 274 g/mol. The molecule has 0 aliphatic carbocycles. The van der Waals surface area contributed by atoms with Crippen LogP contribution in [0.1, 0.15) is 25.7 Å². The van der Waals surface area contributed by atoms with Gasteiger partial charge in [-0.15, -0.1) is 0 Å². The van der Waals surface area contributed by atoms with Gasteiger partial charge in [0.1, 0.15) is 6.07 Å². The second-order valence-corrected chi connectivity index (χ2v) is 6.68. The van der Waals surface area contributed by atoms with E-state index in [4.69, 9.17) is 0 Å². The van der Waals surface area contributed by atoms with Crippen LogP contribution in [0.25, 0.3) is 0 Å². The zero-order valence-electron chi connectivity index (χ0n) is 10.5. The minimum atomic E-state index is -3.64. The number of sulfone groups is 1. The molecule has 0 atom stereocenters. The van der Waals surface area contributed by atoms with Crippen molar-refractivity contribution in [1.29, 1.82) is 5.26 Å². The Morgan fingerprint density at radius 3 is 2.74 bits per heavy atom. The molecule has 0 saturated carbocycles. The standard InChI is InChI=1S/C14H14N2O2S/c15-10-14-12-6-2-1-5-9-16(12)11-7-3-4-8-13(11)19(14,17)18/h3-4,7-8H,1-2,5-6,9H2. The molecular formula is C14H14N2O2S. The fraction of sp³-hybridized carbons (Fsp3) is 0.357. The lowest BCUT2D eigenvalue weighted by atomic mass is 10.2. The Hall–Kier alpha value is -1.80. The maximum absolute atomic E-state index is 12.5. The average Bonchev–Trinajstić information content (AvgIpc) is 2.65. The smallest absolute Gasteiger partial charge is 0.220 e. The lowest BCUT2D eigenvalue weighted by molar-refractivity contribution is 0.600. The van der Waals surface area contributed by atoms with Crippen molar-refractivity contribution in [2.24, 2.45) is 0 Å². The van der Waals surface area contributed by atoms with Crippen LogP contribution in [0, 0.1) is 11.3 Å². The van der Waals surface area contributed by atoms with Crippen LogP contribution in [0.2, 0.25) is 0 Å². The minimum absolute atomic E-state index is 0.0619. The molecule has 0 aromatic heterocycles. The predicted molar refractivity (Wildman–Crippen MR) is 72.1 cm³/mol. The lowest BCUT2D eigenvalue weighted by Gasteiger charge is -2.32. The highest BCUT2D eigenvalue weighted by Gasteiger charge is 2.36. The molecule has 98 valence electrons. The van der Waals surface area contributed by atoms with Gasteiger partial charge in [-0.05, 0) is 31.4 Å². The number of para-hydroxylation sites is 1. The summed E-state index contributed by atoms with van der Waals surface area (Å²) >= 11 is 0. The van der Waals surface area contributed by atoms with Gasteiger partial charge in [0.15, 0.2) is 4.91 Å². The molecule has 2 aliphatic heterocycles. The van der Waals surface area contributed by atoms with Gasteiger partial charge in [0.25, 0.3) is 0 Å². The van der Waals surface area contributed by atoms with E-state index >= 15 is 0 Å². The van der Waals surface area contributed by atoms with Crippen LogP contribution >= 0.6 is 0 Å². The van der Waals surface area contributed by atoms with Crippen molar-refractivity contribution in [3.05, 3.63) is 34.9 Å². The van der Waals surface area contributed by atoms with E-state index in [9.17, 15) is 13.7 Å². The van der Waals surface area contributed by atoms with Crippen LogP contribution in [0.15, 0.2) is 39.8 Å². The molecule has 5 heteroatoms. The van der Waals surface area contributed by atoms with E-state index in [0.717, 1.165) is 31.5 Å². The number of anilines is 1. The van der Waals surface area contributed by atoms with E-state index in [2.05, 4.69) is 0 Å². The summed E-state index contributed by atoms with van der Waals surface area (Å²) in [5.41, 5.74) is 1.40. The number of nitriles is 1. The second-order valence-electron chi connectivity index (χ2n) is 4.82. The molecule has 0 spiro atoms.